The van der Waals surface area contributed by atoms with Gasteiger partial charge < -0.3 is 20.4 Å². The molecule has 0 atom stereocenters. The molecule has 0 saturated carbocycles. The molecule has 0 radical (unpaired) electrons. The fourth-order valence-electron chi connectivity index (χ4n) is 1.81. The molecular weight excluding hydrogens is 244 g/mol. The molecule has 0 aliphatic heterocycles. The normalized spacial score (nSPS) is 10.3. The van der Waals surface area contributed by atoms with Crippen LogP contribution in [0.4, 0.5) is 5.69 Å². The maximum atomic E-state index is 12.4. The van der Waals surface area contributed by atoms with Gasteiger partial charge in [0, 0.05) is 25.3 Å². The number of amides is 1. The van der Waals surface area contributed by atoms with E-state index in [0.29, 0.717) is 5.56 Å². The molecule has 0 aromatic heterocycles. The van der Waals surface area contributed by atoms with Crippen LogP contribution in [0.15, 0.2) is 24.3 Å². The summed E-state index contributed by atoms with van der Waals surface area (Å²) in [4.78, 5) is 13.8. The summed E-state index contributed by atoms with van der Waals surface area (Å²) in [7, 11) is 0. The molecule has 3 N–H and O–H groups in total. The highest BCUT2D eigenvalue weighted by atomic mass is 16.3. The van der Waals surface area contributed by atoms with Crippen LogP contribution in [0.2, 0.25) is 0 Å². The summed E-state index contributed by atoms with van der Waals surface area (Å²) in [5.41, 5.74) is 1.35. The lowest BCUT2D eigenvalue weighted by Crippen LogP contribution is -2.36. The van der Waals surface area contributed by atoms with Crippen molar-refractivity contribution in [2.45, 2.75) is 13.3 Å². The van der Waals surface area contributed by atoms with Crippen LogP contribution in [-0.2, 0) is 0 Å². The zero-order valence-electron chi connectivity index (χ0n) is 11.3. The minimum absolute atomic E-state index is 0.115. The monoisotopic (exact) mass is 266 g/mol. The van der Waals surface area contributed by atoms with Crippen LogP contribution >= 0.6 is 0 Å². The van der Waals surface area contributed by atoms with Crippen molar-refractivity contribution in [2.24, 2.45) is 0 Å². The first-order valence-corrected chi connectivity index (χ1v) is 6.58. The van der Waals surface area contributed by atoms with E-state index in [9.17, 15) is 4.79 Å². The number of hydrogen-bond donors (Lipinski definition) is 3. The number of carbonyl (C=O) groups excluding carboxylic acids is 1. The van der Waals surface area contributed by atoms with Crippen molar-refractivity contribution in [1.29, 1.82) is 0 Å². The second-order valence-electron chi connectivity index (χ2n) is 4.21. The standard InChI is InChI=1S/C14H22N2O3/c1-2-7-15-13-6-4-3-5-12(13)14(19)16(8-10-17)9-11-18/h3-6,15,17-18H,2,7-11H2,1H3. The molecule has 106 valence electrons. The van der Waals surface area contributed by atoms with Crippen molar-refractivity contribution in [3.05, 3.63) is 29.8 Å². The molecule has 0 heterocycles. The summed E-state index contributed by atoms with van der Waals surface area (Å²) in [6.07, 6.45) is 0.972. The highest BCUT2D eigenvalue weighted by Crippen LogP contribution is 2.17. The summed E-state index contributed by atoms with van der Waals surface area (Å²) in [5.74, 6) is -0.178. The zero-order valence-corrected chi connectivity index (χ0v) is 11.3. The van der Waals surface area contributed by atoms with E-state index in [2.05, 4.69) is 12.2 Å². The molecule has 0 aliphatic carbocycles. The minimum atomic E-state index is -0.178. The van der Waals surface area contributed by atoms with E-state index in [4.69, 9.17) is 10.2 Å². The van der Waals surface area contributed by atoms with Gasteiger partial charge in [-0.1, -0.05) is 19.1 Å². The lowest BCUT2D eigenvalue weighted by molar-refractivity contribution is 0.0685. The van der Waals surface area contributed by atoms with E-state index >= 15 is 0 Å². The quantitative estimate of drug-likeness (QED) is 0.654. The van der Waals surface area contributed by atoms with Gasteiger partial charge in [-0.2, -0.15) is 0 Å². The van der Waals surface area contributed by atoms with E-state index in [1.165, 1.54) is 4.90 Å². The van der Waals surface area contributed by atoms with Crippen molar-refractivity contribution in [2.75, 3.05) is 38.2 Å². The molecule has 0 unspecified atom stereocenters. The molecule has 0 aliphatic rings. The first kappa shape index (κ1) is 15.5. The van der Waals surface area contributed by atoms with Gasteiger partial charge in [0.15, 0.2) is 0 Å². The molecule has 0 spiro atoms. The van der Waals surface area contributed by atoms with Crippen molar-refractivity contribution in [3.63, 3.8) is 0 Å². The number of aliphatic hydroxyl groups is 2. The van der Waals surface area contributed by atoms with E-state index in [1.807, 2.05) is 12.1 Å². The number of rotatable bonds is 8. The van der Waals surface area contributed by atoms with Crippen LogP contribution in [0.3, 0.4) is 0 Å². The first-order valence-electron chi connectivity index (χ1n) is 6.58. The SMILES string of the molecule is CCCNc1ccccc1C(=O)N(CCO)CCO. The lowest BCUT2D eigenvalue weighted by Gasteiger charge is -2.22. The second kappa shape index (κ2) is 8.50. The molecule has 1 aromatic carbocycles. The summed E-state index contributed by atoms with van der Waals surface area (Å²) >= 11 is 0. The van der Waals surface area contributed by atoms with Gasteiger partial charge in [0.1, 0.15) is 0 Å². The Morgan fingerprint density at radius 1 is 1.21 bits per heavy atom. The number of nitrogens with one attached hydrogen (secondary N) is 1. The summed E-state index contributed by atoms with van der Waals surface area (Å²) in [6.45, 7) is 3.07. The molecule has 1 amide bonds. The fourth-order valence-corrected chi connectivity index (χ4v) is 1.81. The number of para-hydroxylation sites is 1. The third-order valence-electron chi connectivity index (χ3n) is 2.75. The molecule has 0 saturated heterocycles. The third kappa shape index (κ3) is 4.54. The Kier molecular flexibility index (Phi) is 6.92. The Labute approximate surface area is 113 Å². The van der Waals surface area contributed by atoms with E-state index in [0.717, 1.165) is 18.7 Å². The first-order chi connectivity index (χ1) is 9.24. The molecule has 1 aromatic rings. The van der Waals surface area contributed by atoms with Gasteiger partial charge in [0.05, 0.1) is 18.8 Å². The lowest BCUT2D eigenvalue weighted by atomic mass is 10.1. The summed E-state index contributed by atoms with van der Waals surface area (Å²) in [5, 5.41) is 21.2. The van der Waals surface area contributed by atoms with Crippen LogP contribution in [-0.4, -0.2) is 53.9 Å². The average molecular weight is 266 g/mol. The Bertz CT molecular complexity index is 390. The van der Waals surface area contributed by atoms with Crippen molar-refractivity contribution in [1.82, 2.24) is 4.90 Å². The maximum absolute atomic E-state index is 12.4. The van der Waals surface area contributed by atoms with Gasteiger partial charge >= 0.3 is 0 Å². The zero-order chi connectivity index (χ0) is 14.1. The van der Waals surface area contributed by atoms with E-state index in [-0.39, 0.29) is 32.2 Å². The molecule has 0 fully saturated rings. The highest BCUT2D eigenvalue weighted by Gasteiger charge is 2.17. The van der Waals surface area contributed by atoms with Crippen LogP contribution in [0.5, 0.6) is 0 Å². The van der Waals surface area contributed by atoms with Gasteiger partial charge in [-0.3, -0.25) is 4.79 Å². The van der Waals surface area contributed by atoms with Crippen molar-refractivity contribution >= 4 is 11.6 Å². The van der Waals surface area contributed by atoms with Gasteiger partial charge in [0.25, 0.3) is 5.91 Å². The molecule has 5 heteroatoms. The predicted molar refractivity (Wildman–Crippen MR) is 75.3 cm³/mol. The number of hydrogen-bond acceptors (Lipinski definition) is 4. The van der Waals surface area contributed by atoms with Gasteiger partial charge in [-0.05, 0) is 18.6 Å². The number of anilines is 1. The number of carbonyl (C=O) groups is 1. The summed E-state index contributed by atoms with van der Waals surface area (Å²) in [6, 6.07) is 7.29. The van der Waals surface area contributed by atoms with E-state index < -0.39 is 0 Å². The van der Waals surface area contributed by atoms with Crippen LogP contribution < -0.4 is 5.32 Å². The number of benzene rings is 1. The molecule has 5 nitrogen and oxygen atoms in total. The van der Waals surface area contributed by atoms with E-state index in [1.54, 1.807) is 12.1 Å². The van der Waals surface area contributed by atoms with Crippen molar-refractivity contribution < 1.29 is 15.0 Å². The third-order valence-corrected chi connectivity index (χ3v) is 2.75. The van der Waals surface area contributed by atoms with Gasteiger partial charge in [0.2, 0.25) is 0 Å². The van der Waals surface area contributed by atoms with Crippen LogP contribution in [0.1, 0.15) is 23.7 Å². The highest BCUT2D eigenvalue weighted by molar-refractivity contribution is 5.99. The average Bonchev–Trinajstić information content (AvgIpc) is 2.44. The maximum Gasteiger partial charge on any atom is 0.256 e. The number of nitrogens with zero attached hydrogens (tertiary/aromatic N) is 1. The topological polar surface area (TPSA) is 72.8 Å². The van der Waals surface area contributed by atoms with Crippen molar-refractivity contribution in [3.8, 4) is 0 Å². The molecule has 0 bridgehead atoms. The predicted octanol–water partition coefficient (Wildman–Crippen LogP) is 0.935. The van der Waals surface area contributed by atoms with Crippen LogP contribution in [0.25, 0.3) is 0 Å². The Hall–Kier alpha value is -1.59. The second-order valence-corrected chi connectivity index (χ2v) is 4.21. The summed E-state index contributed by atoms with van der Waals surface area (Å²) < 4.78 is 0. The van der Waals surface area contributed by atoms with Gasteiger partial charge in [-0.25, -0.2) is 0 Å². The smallest absolute Gasteiger partial charge is 0.256 e. The Morgan fingerprint density at radius 3 is 2.42 bits per heavy atom. The Balaban J connectivity index is 2.89. The molecule has 1 rings (SSSR count). The molecule has 19 heavy (non-hydrogen) atoms. The largest absolute Gasteiger partial charge is 0.395 e. The fraction of sp³-hybridized carbons (Fsp3) is 0.500. The Morgan fingerprint density at radius 2 is 1.84 bits per heavy atom. The van der Waals surface area contributed by atoms with Crippen LogP contribution in [0, 0.1) is 0 Å². The van der Waals surface area contributed by atoms with Gasteiger partial charge in [-0.15, -0.1) is 0 Å². The molecular formula is C14H22N2O3. The number of aliphatic hydroxyl groups excluding tert-OH is 2. The minimum Gasteiger partial charge on any atom is -0.395 e.